The molecule has 0 unspecified atom stereocenters. The van der Waals surface area contributed by atoms with Crippen LogP contribution in [0.1, 0.15) is 20.8 Å². The van der Waals surface area contributed by atoms with Gasteiger partial charge in [-0.05, 0) is 20.8 Å². The average molecular weight is 146 g/mol. The van der Waals surface area contributed by atoms with Gasteiger partial charge in [-0.15, -0.1) is 0 Å². The molecule has 60 valence electrons. The maximum Gasteiger partial charge on any atom is 0.163 e. The molecule has 1 atom stereocenters. The summed E-state index contributed by atoms with van der Waals surface area (Å²) < 4.78 is 10.7. The molecule has 0 spiro atoms. The van der Waals surface area contributed by atoms with Gasteiger partial charge >= 0.3 is 0 Å². The normalized spacial score (nSPS) is 38.4. The van der Waals surface area contributed by atoms with E-state index in [4.69, 9.17) is 14.6 Å². The van der Waals surface area contributed by atoms with Crippen molar-refractivity contribution >= 4 is 0 Å². The minimum absolute atomic E-state index is 0.0103. The Morgan fingerprint density at radius 2 is 2.00 bits per heavy atom. The highest BCUT2D eigenvalue weighted by Gasteiger charge is 2.41. The van der Waals surface area contributed by atoms with E-state index < -0.39 is 11.4 Å². The Hall–Kier alpha value is -0.120. The Morgan fingerprint density at radius 1 is 1.40 bits per heavy atom. The summed E-state index contributed by atoms with van der Waals surface area (Å²) in [6.07, 6.45) is 0. The summed E-state index contributed by atoms with van der Waals surface area (Å²) >= 11 is 0. The van der Waals surface area contributed by atoms with Gasteiger partial charge in [0.05, 0.1) is 13.2 Å². The Bertz CT molecular complexity index is 133. The third-order valence-electron chi connectivity index (χ3n) is 1.55. The van der Waals surface area contributed by atoms with Gasteiger partial charge in [-0.1, -0.05) is 0 Å². The molecule has 1 fully saturated rings. The van der Waals surface area contributed by atoms with E-state index in [2.05, 4.69) is 0 Å². The molecule has 0 bridgehead atoms. The van der Waals surface area contributed by atoms with E-state index in [9.17, 15) is 0 Å². The summed E-state index contributed by atoms with van der Waals surface area (Å²) in [5.41, 5.74) is -0.497. The molecule has 0 radical (unpaired) electrons. The van der Waals surface area contributed by atoms with Crippen LogP contribution in [0.3, 0.4) is 0 Å². The van der Waals surface area contributed by atoms with Crippen LogP contribution in [-0.2, 0) is 9.47 Å². The quantitative estimate of drug-likeness (QED) is 0.586. The van der Waals surface area contributed by atoms with Crippen molar-refractivity contribution in [1.29, 1.82) is 0 Å². The van der Waals surface area contributed by atoms with Crippen molar-refractivity contribution in [2.24, 2.45) is 0 Å². The molecular formula is C7H14O3. The first-order valence-electron chi connectivity index (χ1n) is 3.42. The molecule has 1 N–H and O–H groups in total. The summed E-state index contributed by atoms with van der Waals surface area (Å²) in [6, 6.07) is 0. The molecule has 0 aromatic heterocycles. The lowest BCUT2D eigenvalue weighted by molar-refractivity contribution is -0.164. The van der Waals surface area contributed by atoms with Crippen LogP contribution in [0.2, 0.25) is 0 Å². The van der Waals surface area contributed by atoms with Crippen LogP contribution in [0.4, 0.5) is 0 Å². The van der Waals surface area contributed by atoms with Crippen molar-refractivity contribution < 1.29 is 14.6 Å². The Balaban J connectivity index is 2.57. The van der Waals surface area contributed by atoms with E-state index >= 15 is 0 Å². The van der Waals surface area contributed by atoms with Crippen LogP contribution in [0.15, 0.2) is 0 Å². The summed E-state index contributed by atoms with van der Waals surface area (Å²) in [4.78, 5) is 0. The van der Waals surface area contributed by atoms with E-state index in [0.717, 1.165) is 0 Å². The van der Waals surface area contributed by atoms with Gasteiger partial charge in [0.1, 0.15) is 5.60 Å². The second kappa shape index (κ2) is 2.19. The van der Waals surface area contributed by atoms with Crippen LogP contribution in [0.25, 0.3) is 0 Å². The molecule has 10 heavy (non-hydrogen) atoms. The van der Waals surface area contributed by atoms with Gasteiger partial charge in [-0.3, -0.25) is 0 Å². The maximum absolute atomic E-state index is 8.85. The van der Waals surface area contributed by atoms with E-state index in [1.807, 2.05) is 20.8 Å². The molecule has 1 saturated heterocycles. The highest BCUT2D eigenvalue weighted by molar-refractivity contribution is 4.82. The molecule has 1 heterocycles. The molecule has 3 nitrogen and oxygen atoms in total. The molecular weight excluding hydrogens is 132 g/mol. The minimum Gasteiger partial charge on any atom is -0.393 e. The van der Waals surface area contributed by atoms with Gasteiger partial charge in [-0.25, -0.2) is 0 Å². The predicted molar refractivity (Wildman–Crippen MR) is 36.6 cm³/mol. The molecule has 0 aromatic carbocycles. The summed E-state index contributed by atoms with van der Waals surface area (Å²) in [5.74, 6) is -0.530. The smallest absolute Gasteiger partial charge is 0.163 e. The van der Waals surface area contributed by atoms with Crippen molar-refractivity contribution in [3.63, 3.8) is 0 Å². The van der Waals surface area contributed by atoms with Crippen molar-refractivity contribution in [2.45, 2.75) is 32.2 Å². The highest BCUT2D eigenvalue weighted by atomic mass is 16.8. The SMILES string of the molecule is CC1(C)OC[C@](C)(CO)O1. The molecule has 0 amide bonds. The molecule has 1 rings (SSSR count). The largest absolute Gasteiger partial charge is 0.393 e. The lowest BCUT2D eigenvalue weighted by atomic mass is 10.1. The number of hydrogen-bond acceptors (Lipinski definition) is 3. The molecule has 0 aromatic rings. The van der Waals surface area contributed by atoms with Gasteiger partial charge in [0.15, 0.2) is 5.79 Å². The fraction of sp³-hybridized carbons (Fsp3) is 1.00. The van der Waals surface area contributed by atoms with E-state index in [-0.39, 0.29) is 6.61 Å². The number of hydrogen-bond donors (Lipinski definition) is 1. The number of aliphatic hydroxyl groups is 1. The van der Waals surface area contributed by atoms with E-state index in [1.165, 1.54) is 0 Å². The third kappa shape index (κ3) is 1.48. The maximum atomic E-state index is 8.85. The zero-order valence-corrected chi connectivity index (χ0v) is 6.68. The molecule has 3 heteroatoms. The van der Waals surface area contributed by atoms with Crippen molar-refractivity contribution in [3.05, 3.63) is 0 Å². The van der Waals surface area contributed by atoms with Gasteiger partial charge in [0, 0.05) is 0 Å². The Labute approximate surface area is 60.9 Å². The molecule has 0 saturated carbocycles. The van der Waals surface area contributed by atoms with E-state index in [1.54, 1.807) is 0 Å². The Morgan fingerprint density at radius 3 is 2.20 bits per heavy atom. The Kier molecular flexibility index (Phi) is 1.75. The second-order valence-corrected chi connectivity index (χ2v) is 3.40. The summed E-state index contributed by atoms with van der Waals surface area (Å²) in [5, 5.41) is 8.85. The molecule has 1 aliphatic heterocycles. The van der Waals surface area contributed by atoms with Crippen molar-refractivity contribution in [2.75, 3.05) is 13.2 Å². The number of aliphatic hydroxyl groups excluding tert-OH is 1. The van der Waals surface area contributed by atoms with Crippen molar-refractivity contribution in [1.82, 2.24) is 0 Å². The summed E-state index contributed by atoms with van der Waals surface area (Å²) in [6.45, 7) is 6.00. The third-order valence-corrected chi connectivity index (χ3v) is 1.55. The van der Waals surface area contributed by atoms with Crippen LogP contribution in [0, 0.1) is 0 Å². The lowest BCUT2D eigenvalue weighted by Crippen LogP contribution is -2.34. The first-order chi connectivity index (χ1) is 4.47. The topological polar surface area (TPSA) is 38.7 Å². The van der Waals surface area contributed by atoms with Gasteiger partial charge in [0.25, 0.3) is 0 Å². The van der Waals surface area contributed by atoms with Crippen LogP contribution < -0.4 is 0 Å². The van der Waals surface area contributed by atoms with Crippen LogP contribution >= 0.6 is 0 Å². The second-order valence-electron chi connectivity index (χ2n) is 3.40. The fourth-order valence-corrected chi connectivity index (χ4v) is 1.06. The standard InChI is InChI=1S/C7H14O3/c1-6(2)9-5-7(3,4-8)10-6/h8H,4-5H2,1-3H3/t7-/m0/s1. The van der Waals surface area contributed by atoms with Gasteiger partial charge in [-0.2, -0.15) is 0 Å². The van der Waals surface area contributed by atoms with Crippen LogP contribution in [-0.4, -0.2) is 29.7 Å². The first-order valence-corrected chi connectivity index (χ1v) is 3.42. The zero-order chi connectivity index (χ0) is 7.83. The van der Waals surface area contributed by atoms with Crippen molar-refractivity contribution in [3.8, 4) is 0 Å². The lowest BCUT2D eigenvalue weighted by Gasteiger charge is -2.22. The fourth-order valence-electron chi connectivity index (χ4n) is 1.06. The summed E-state index contributed by atoms with van der Waals surface area (Å²) in [7, 11) is 0. The number of rotatable bonds is 1. The highest BCUT2D eigenvalue weighted by Crippen LogP contribution is 2.29. The first kappa shape index (κ1) is 7.98. The van der Waals surface area contributed by atoms with Gasteiger partial charge in [0.2, 0.25) is 0 Å². The average Bonchev–Trinajstić information content (AvgIpc) is 2.08. The molecule has 0 aliphatic carbocycles. The number of ether oxygens (including phenoxy) is 2. The zero-order valence-electron chi connectivity index (χ0n) is 6.68. The van der Waals surface area contributed by atoms with E-state index in [0.29, 0.717) is 6.61 Å². The monoisotopic (exact) mass is 146 g/mol. The molecule has 1 aliphatic rings. The predicted octanol–water partition coefficient (Wildman–Crippen LogP) is 0.520. The van der Waals surface area contributed by atoms with Gasteiger partial charge < -0.3 is 14.6 Å². The minimum atomic E-state index is -0.530. The van der Waals surface area contributed by atoms with Crippen LogP contribution in [0.5, 0.6) is 0 Å².